The first-order chi connectivity index (χ1) is 12.7. The fourth-order valence-corrected chi connectivity index (χ4v) is 3.52. The van der Waals surface area contributed by atoms with Crippen molar-refractivity contribution < 1.29 is 13.9 Å². The van der Waals surface area contributed by atoms with Gasteiger partial charge in [0, 0.05) is 18.5 Å². The van der Waals surface area contributed by atoms with Crippen LogP contribution in [-0.4, -0.2) is 29.1 Å². The summed E-state index contributed by atoms with van der Waals surface area (Å²) in [5.74, 6) is 0.425. The number of fused-ring (bicyclic) bond motifs is 2. The number of amides is 1. The van der Waals surface area contributed by atoms with Gasteiger partial charge in [-0.25, -0.2) is 4.98 Å². The average molecular weight is 369 g/mol. The molecule has 0 bridgehead atoms. The lowest BCUT2D eigenvalue weighted by atomic mass is 10.2. The van der Waals surface area contributed by atoms with E-state index in [1.165, 1.54) is 22.2 Å². The summed E-state index contributed by atoms with van der Waals surface area (Å²) in [6.07, 6.45) is 1.50. The van der Waals surface area contributed by atoms with Gasteiger partial charge in [0.2, 0.25) is 0 Å². The van der Waals surface area contributed by atoms with Gasteiger partial charge in [-0.05, 0) is 23.6 Å². The first-order valence-electron chi connectivity index (χ1n) is 7.95. The Balaban J connectivity index is 1.47. The van der Waals surface area contributed by atoms with Crippen LogP contribution in [0.25, 0.3) is 21.2 Å². The maximum absolute atomic E-state index is 12.3. The summed E-state index contributed by atoms with van der Waals surface area (Å²) in [5.41, 5.74) is 1.12. The molecule has 0 radical (unpaired) electrons. The minimum atomic E-state index is -0.346. The van der Waals surface area contributed by atoms with E-state index in [-0.39, 0.29) is 23.8 Å². The van der Waals surface area contributed by atoms with Crippen LogP contribution in [0.1, 0.15) is 10.6 Å². The number of carbonyl (C=O) groups excluding carboxylic acids is 1. The largest absolute Gasteiger partial charge is 0.493 e. The van der Waals surface area contributed by atoms with Crippen LogP contribution in [0.15, 0.2) is 51.3 Å². The number of hydrogen-bond acceptors (Lipinski definition) is 6. The predicted molar refractivity (Wildman–Crippen MR) is 99.0 cm³/mol. The molecule has 26 heavy (non-hydrogen) atoms. The molecule has 0 fully saturated rings. The highest BCUT2D eigenvalue weighted by molar-refractivity contribution is 7.17. The summed E-state index contributed by atoms with van der Waals surface area (Å²) in [5, 5.41) is 5.38. The number of nitrogens with one attached hydrogen (secondary N) is 1. The summed E-state index contributed by atoms with van der Waals surface area (Å²) in [6.45, 7) is 0.612. The number of rotatable bonds is 5. The lowest BCUT2D eigenvalue weighted by Gasteiger charge is -2.06. The van der Waals surface area contributed by atoms with Gasteiger partial charge in [0.05, 0.1) is 19.0 Å². The van der Waals surface area contributed by atoms with Gasteiger partial charge in [-0.1, -0.05) is 12.1 Å². The van der Waals surface area contributed by atoms with Crippen LogP contribution < -0.4 is 15.6 Å². The molecule has 7 nitrogen and oxygen atoms in total. The number of nitrogens with zero attached hydrogens (tertiary/aromatic N) is 2. The van der Waals surface area contributed by atoms with Crippen LogP contribution in [0.4, 0.5) is 0 Å². The van der Waals surface area contributed by atoms with E-state index in [4.69, 9.17) is 9.15 Å². The molecule has 8 heteroatoms. The second-order valence-electron chi connectivity index (χ2n) is 5.62. The van der Waals surface area contributed by atoms with Crippen molar-refractivity contribution in [2.75, 3.05) is 13.7 Å². The molecule has 0 aliphatic heterocycles. The Morgan fingerprint density at radius 1 is 1.38 bits per heavy atom. The van der Waals surface area contributed by atoms with Crippen LogP contribution >= 0.6 is 11.3 Å². The molecule has 1 amide bonds. The highest BCUT2D eigenvalue weighted by atomic mass is 32.1. The third-order valence-corrected chi connectivity index (χ3v) is 4.92. The second kappa shape index (κ2) is 6.64. The molecular formula is C18H15N3O4S. The Kier molecular flexibility index (Phi) is 4.18. The summed E-state index contributed by atoms with van der Waals surface area (Å²) >= 11 is 1.36. The molecule has 132 valence electrons. The van der Waals surface area contributed by atoms with Gasteiger partial charge in [0.25, 0.3) is 11.5 Å². The summed E-state index contributed by atoms with van der Waals surface area (Å²) < 4.78 is 12.9. The number of benzene rings is 1. The van der Waals surface area contributed by atoms with E-state index in [1.54, 1.807) is 19.2 Å². The molecule has 4 aromatic rings. The molecular weight excluding hydrogens is 354 g/mol. The van der Waals surface area contributed by atoms with E-state index >= 15 is 0 Å². The van der Waals surface area contributed by atoms with Crippen molar-refractivity contribution in [3.8, 4) is 5.75 Å². The third-order valence-electron chi connectivity index (χ3n) is 4.03. The standard InChI is InChI=1S/C18H15N3O4S/c1-24-13-4-2-3-11-9-14(25-15(11)13)17(22)19-6-7-21-10-20-12-5-8-26-16(12)18(21)23/h2-5,8-10H,6-7H2,1H3,(H,19,22). The Labute approximate surface area is 151 Å². The first kappa shape index (κ1) is 16.3. The highest BCUT2D eigenvalue weighted by Crippen LogP contribution is 2.28. The molecule has 3 aromatic heterocycles. The fourth-order valence-electron chi connectivity index (χ4n) is 2.72. The molecule has 0 saturated carbocycles. The lowest BCUT2D eigenvalue weighted by molar-refractivity contribution is 0.0926. The van der Waals surface area contributed by atoms with E-state index in [2.05, 4.69) is 10.3 Å². The second-order valence-corrected chi connectivity index (χ2v) is 6.54. The van der Waals surface area contributed by atoms with E-state index in [0.29, 0.717) is 28.1 Å². The van der Waals surface area contributed by atoms with Gasteiger partial charge in [-0.2, -0.15) is 0 Å². The third kappa shape index (κ3) is 2.84. The molecule has 0 saturated heterocycles. The number of methoxy groups -OCH3 is 1. The van der Waals surface area contributed by atoms with Crippen molar-refractivity contribution in [3.63, 3.8) is 0 Å². The van der Waals surface area contributed by atoms with Crippen LogP contribution in [0, 0.1) is 0 Å². The number of carbonyl (C=O) groups is 1. The average Bonchev–Trinajstić information content (AvgIpc) is 3.30. The molecule has 0 unspecified atom stereocenters. The zero-order valence-electron chi connectivity index (χ0n) is 13.9. The van der Waals surface area contributed by atoms with Crippen molar-refractivity contribution in [3.05, 3.63) is 58.2 Å². The van der Waals surface area contributed by atoms with E-state index in [9.17, 15) is 9.59 Å². The zero-order chi connectivity index (χ0) is 18.1. The number of furan rings is 1. The van der Waals surface area contributed by atoms with Gasteiger partial charge in [-0.15, -0.1) is 11.3 Å². The molecule has 4 rings (SSSR count). The van der Waals surface area contributed by atoms with Crippen molar-refractivity contribution in [2.45, 2.75) is 6.54 Å². The number of para-hydroxylation sites is 1. The SMILES string of the molecule is COc1cccc2cc(C(=O)NCCn3cnc4ccsc4c3=O)oc12. The Bertz CT molecular complexity index is 1160. The number of hydrogen-bond donors (Lipinski definition) is 1. The molecule has 0 spiro atoms. The number of ether oxygens (including phenoxy) is 1. The monoisotopic (exact) mass is 369 g/mol. The fraction of sp³-hybridized carbons (Fsp3) is 0.167. The topological polar surface area (TPSA) is 86.4 Å². The molecule has 3 heterocycles. The Morgan fingerprint density at radius 3 is 3.12 bits per heavy atom. The Morgan fingerprint density at radius 2 is 2.27 bits per heavy atom. The quantitative estimate of drug-likeness (QED) is 0.584. The van der Waals surface area contributed by atoms with E-state index in [0.717, 1.165) is 5.39 Å². The van der Waals surface area contributed by atoms with Gasteiger partial charge < -0.3 is 14.5 Å². The van der Waals surface area contributed by atoms with Gasteiger partial charge in [0.15, 0.2) is 17.1 Å². The predicted octanol–water partition coefficient (Wildman–Crippen LogP) is 2.64. The maximum Gasteiger partial charge on any atom is 0.287 e. The molecule has 1 N–H and O–H groups in total. The smallest absolute Gasteiger partial charge is 0.287 e. The maximum atomic E-state index is 12.3. The van der Waals surface area contributed by atoms with Crippen molar-refractivity contribution in [1.29, 1.82) is 0 Å². The van der Waals surface area contributed by atoms with Crippen LogP contribution in [0.3, 0.4) is 0 Å². The molecule has 1 aromatic carbocycles. The lowest BCUT2D eigenvalue weighted by Crippen LogP contribution is -2.30. The highest BCUT2D eigenvalue weighted by Gasteiger charge is 2.14. The van der Waals surface area contributed by atoms with Crippen LogP contribution in [0.2, 0.25) is 0 Å². The van der Waals surface area contributed by atoms with Gasteiger partial charge in [0.1, 0.15) is 4.70 Å². The van der Waals surface area contributed by atoms with Crippen LogP contribution in [0.5, 0.6) is 5.75 Å². The molecule has 0 aliphatic rings. The minimum Gasteiger partial charge on any atom is -0.493 e. The summed E-state index contributed by atoms with van der Waals surface area (Å²) in [6, 6.07) is 8.92. The normalized spacial score (nSPS) is 11.1. The van der Waals surface area contributed by atoms with Gasteiger partial charge in [-0.3, -0.25) is 14.2 Å². The summed E-state index contributed by atoms with van der Waals surface area (Å²) in [7, 11) is 1.55. The Hall–Kier alpha value is -3.13. The first-order valence-corrected chi connectivity index (χ1v) is 8.83. The minimum absolute atomic E-state index is 0.104. The van der Waals surface area contributed by atoms with E-state index in [1.807, 2.05) is 23.6 Å². The molecule has 0 aliphatic carbocycles. The zero-order valence-corrected chi connectivity index (χ0v) is 14.7. The summed E-state index contributed by atoms with van der Waals surface area (Å²) in [4.78, 5) is 28.9. The van der Waals surface area contributed by atoms with Crippen molar-refractivity contribution in [2.24, 2.45) is 0 Å². The van der Waals surface area contributed by atoms with Crippen molar-refractivity contribution >= 4 is 38.4 Å². The van der Waals surface area contributed by atoms with Crippen molar-refractivity contribution in [1.82, 2.24) is 14.9 Å². The number of aromatic nitrogens is 2. The van der Waals surface area contributed by atoms with Gasteiger partial charge >= 0.3 is 0 Å². The number of thiophene rings is 1. The van der Waals surface area contributed by atoms with Crippen LogP contribution in [-0.2, 0) is 6.54 Å². The molecule has 0 atom stereocenters. The van der Waals surface area contributed by atoms with E-state index < -0.39 is 0 Å².